The van der Waals surface area contributed by atoms with E-state index in [0.717, 1.165) is 5.56 Å². The van der Waals surface area contributed by atoms with Gasteiger partial charge in [0.05, 0.1) is 0 Å². The number of alkyl halides is 1. The van der Waals surface area contributed by atoms with E-state index < -0.39 is 0 Å². The highest BCUT2D eigenvalue weighted by Crippen LogP contribution is 2.17. The van der Waals surface area contributed by atoms with E-state index in [-0.39, 0.29) is 11.8 Å². The SMILES string of the molecule is O=C(CCl)Nc1ccc(-c2ncon2)cc1. The van der Waals surface area contributed by atoms with Gasteiger partial charge in [0.2, 0.25) is 18.1 Å². The lowest BCUT2D eigenvalue weighted by atomic mass is 10.2. The van der Waals surface area contributed by atoms with Gasteiger partial charge in [-0.2, -0.15) is 4.98 Å². The highest BCUT2D eigenvalue weighted by atomic mass is 35.5. The number of amides is 1. The van der Waals surface area contributed by atoms with Gasteiger partial charge in [-0.25, -0.2) is 0 Å². The van der Waals surface area contributed by atoms with Gasteiger partial charge in [-0.3, -0.25) is 4.79 Å². The van der Waals surface area contributed by atoms with Crippen LogP contribution in [-0.4, -0.2) is 21.9 Å². The molecule has 0 unspecified atom stereocenters. The summed E-state index contributed by atoms with van der Waals surface area (Å²) in [6.45, 7) is 0. The summed E-state index contributed by atoms with van der Waals surface area (Å²) in [6.07, 6.45) is 1.26. The van der Waals surface area contributed by atoms with Crippen LogP contribution >= 0.6 is 11.6 Å². The molecule has 0 bridgehead atoms. The van der Waals surface area contributed by atoms with Crippen molar-refractivity contribution in [1.82, 2.24) is 10.1 Å². The van der Waals surface area contributed by atoms with Gasteiger partial charge >= 0.3 is 0 Å². The quantitative estimate of drug-likeness (QED) is 0.828. The van der Waals surface area contributed by atoms with Gasteiger partial charge in [0.1, 0.15) is 5.88 Å². The standard InChI is InChI=1S/C10H8ClN3O2/c11-5-9(15)13-8-3-1-7(2-4-8)10-12-6-16-14-10/h1-4,6H,5H2,(H,13,15). The number of nitrogens with zero attached hydrogens (tertiary/aromatic N) is 2. The Hall–Kier alpha value is -1.88. The van der Waals surface area contributed by atoms with Crippen LogP contribution in [0.25, 0.3) is 11.4 Å². The van der Waals surface area contributed by atoms with E-state index in [0.29, 0.717) is 11.5 Å². The molecule has 82 valence electrons. The Balaban J connectivity index is 2.14. The fourth-order valence-corrected chi connectivity index (χ4v) is 1.26. The van der Waals surface area contributed by atoms with E-state index in [9.17, 15) is 4.79 Å². The summed E-state index contributed by atoms with van der Waals surface area (Å²) in [5.74, 6) is 0.205. The Kier molecular flexibility index (Phi) is 3.16. The molecule has 0 saturated heterocycles. The van der Waals surface area contributed by atoms with Crippen LogP contribution in [-0.2, 0) is 4.79 Å². The molecule has 0 spiro atoms. The van der Waals surface area contributed by atoms with Crippen LogP contribution in [0.15, 0.2) is 35.2 Å². The third kappa shape index (κ3) is 2.38. The Labute approximate surface area is 96.4 Å². The number of carbonyl (C=O) groups is 1. The third-order valence-electron chi connectivity index (χ3n) is 1.91. The molecule has 0 saturated carbocycles. The summed E-state index contributed by atoms with van der Waals surface area (Å²) < 4.78 is 4.63. The molecule has 0 radical (unpaired) electrons. The fourth-order valence-electron chi connectivity index (χ4n) is 1.19. The van der Waals surface area contributed by atoms with Crippen molar-refractivity contribution < 1.29 is 9.32 Å². The van der Waals surface area contributed by atoms with Crippen molar-refractivity contribution >= 4 is 23.2 Å². The molecule has 0 aliphatic rings. The molecule has 2 rings (SSSR count). The summed E-state index contributed by atoms with van der Waals surface area (Å²) in [5, 5.41) is 6.33. The minimum atomic E-state index is -0.242. The molecule has 0 fully saturated rings. The molecule has 1 aromatic carbocycles. The first kappa shape index (κ1) is 10.6. The minimum Gasteiger partial charge on any atom is -0.342 e. The van der Waals surface area contributed by atoms with Crippen molar-refractivity contribution in [2.75, 3.05) is 11.2 Å². The van der Waals surface area contributed by atoms with Gasteiger partial charge in [0.25, 0.3) is 0 Å². The zero-order valence-electron chi connectivity index (χ0n) is 8.18. The van der Waals surface area contributed by atoms with Crippen LogP contribution < -0.4 is 5.32 Å². The van der Waals surface area contributed by atoms with E-state index >= 15 is 0 Å². The summed E-state index contributed by atoms with van der Waals surface area (Å²) in [4.78, 5) is 14.9. The predicted molar refractivity (Wildman–Crippen MR) is 59.1 cm³/mol. The molecule has 1 aromatic heterocycles. The average Bonchev–Trinajstić information content (AvgIpc) is 2.83. The van der Waals surface area contributed by atoms with Gasteiger partial charge in [-0.15, -0.1) is 11.6 Å². The number of halogens is 1. The highest BCUT2D eigenvalue weighted by molar-refractivity contribution is 6.29. The highest BCUT2D eigenvalue weighted by Gasteiger charge is 2.03. The maximum Gasteiger partial charge on any atom is 0.239 e. The molecule has 1 heterocycles. The average molecular weight is 238 g/mol. The van der Waals surface area contributed by atoms with Crippen molar-refractivity contribution in [2.24, 2.45) is 0 Å². The third-order valence-corrected chi connectivity index (χ3v) is 2.15. The fraction of sp³-hybridized carbons (Fsp3) is 0.100. The molecule has 6 heteroatoms. The summed E-state index contributed by atoms with van der Waals surface area (Å²) in [5.41, 5.74) is 1.50. The Bertz CT molecular complexity index is 467. The molecular weight excluding hydrogens is 230 g/mol. The second-order valence-corrected chi connectivity index (χ2v) is 3.28. The first-order valence-corrected chi connectivity index (χ1v) is 5.05. The van der Waals surface area contributed by atoms with E-state index in [1.807, 2.05) is 0 Å². The van der Waals surface area contributed by atoms with Gasteiger partial charge in [-0.1, -0.05) is 5.16 Å². The second-order valence-electron chi connectivity index (χ2n) is 3.01. The number of carbonyl (C=O) groups excluding carboxylic acids is 1. The van der Waals surface area contributed by atoms with Crippen LogP contribution in [0, 0.1) is 0 Å². The van der Waals surface area contributed by atoms with Crippen LogP contribution in [0.5, 0.6) is 0 Å². The first-order chi connectivity index (χ1) is 7.79. The van der Waals surface area contributed by atoms with Gasteiger partial charge in [-0.05, 0) is 24.3 Å². The maximum absolute atomic E-state index is 11.0. The lowest BCUT2D eigenvalue weighted by molar-refractivity contribution is -0.113. The lowest BCUT2D eigenvalue weighted by Crippen LogP contribution is -2.12. The number of benzene rings is 1. The second kappa shape index (κ2) is 4.76. The van der Waals surface area contributed by atoms with E-state index in [2.05, 4.69) is 20.0 Å². The van der Waals surface area contributed by atoms with Crippen molar-refractivity contribution in [1.29, 1.82) is 0 Å². The zero-order chi connectivity index (χ0) is 11.4. The molecule has 16 heavy (non-hydrogen) atoms. The van der Waals surface area contributed by atoms with Crippen molar-refractivity contribution in [3.8, 4) is 11.4 Å². The Morgan fingerprint density at radius 1 is 1.38 bits per heavy atom. The lowest BCUT2D eigenvalue weighted by Gasteiger charge is -2.02. The van der Waals surface area contributed by atoms with Gasteiger partial charge in [0, 0.05) is 11.3 Å². The largest absolute Gasteiger partial charge is 0.342 e. The predicted octanol–water partition coefficient (Wildman–Crippen LogP) is 1.91. The zero-order valence-corrected chi connectivity index (χ0v) is 8.94. The van der Waals surface area contributed by atoms with Crippen molar-refractivity contribution in [3.05, 3.63) is 30.7 Å². The van der Waals surface area contributed by atoms with Crippen molar-refractivity contribution in [2.45, 2.75) is 0 Å². The normalized spacial score (nSPS) is 10.1. The Morgan fingerprint density at radius 3 is 2.69 bits per heavy atom. The number of nitrogens with one attached hydrogen (secondary N) is 1. The molecule has 1 N–H and O–H groups in total. The summed E-state index contributed by atoms with van der Waals surface area (Å²) in [6, 6.07) is 7.07. The number of rotatable bonds is 3. The smallest absolute Gasteiger partial charge is 0.239 e. The first-order valence-electron chi connectivity index (χ1n) is 4.52. The van der Waals surface area contributed by atoms with E-state index in [1.54, 1.807) is 24.3 Å². The Morgan fingerprint density at radius 2 is 2.12 bits per heavy atom. The van der Waals surface area contributed by atoms with Gasteiger partial charge < -0.3 is 9.84 Å². The molecule has 2 aromatic rings. The number of anilines is 1. The molecule has 0 atom stereocenters. The summed E-state index contributed by atoms with van der Waals surface area (Å²) >= 11 is 5.37. The van der Waals surface area contributed by atoms with Crippen LogP contribution in [0.3, 0.4) is 0 Å². The number of aromatic nitrogens is 2. The van der Waals surface area contributed by atoms with Crippen molar-refractivity contribution in [3.63, 3.8) is 0 Å². The number of hydrogen-bond acceptors (Lipinski definition) is 4. The maximum atomic E-state index is 11.0. The molecular formula is C10H8ClN3O2. The molecule has 5 nitrogen and oxygen atoms in total. The molecule has 0 aliphatic heterocycles. The monoisotopic (exact) mass is 237 g/mol. The van der Waals surface area contributed by atoms with Gasteiger partial charge in [0.15, 0.2) is 0 Å². The van der Waals surface area contributed by atoms with Crippen LogP contribution in [0.2, 0.25) is 0 Å². The molecule has 0 aliphatic carbocycles. The topological polar surface area (TPSA) is 68.0 Å². The van der Waals surface area contributed by atoms with Crippen LogP contribution in [0.4, 0.5) is 5.69 Å². The van der Waals surface area contributed by atoms with E-state index in [4.69, 9.17) is 11.6 Å². The minimum absolute atomic E-state index is 0.0629. The van der Waals surface area contributed by atoms with E-state index in [1.165, 1.54) is 6.39 Å². The summed E-state index contributed by atoms with van der Waals surface area (Å²) in [7, 11) is 0. The molecule has 1 amide bonds. The number of hydrogen-bond donors (Lipinski definition) is 1. The van der Waals surface area contributed by atoms with Crippen LogP contribution in [0.1, 0.15) is 0 Å².